The molecular formula is C41H65N7O7S. The molecule has 6 N–H and O–H groups in total. The summed E-state index contributed by atoms with van der Waals surface area (Å²) in [6.07, 6.45) is 3.70. The number of aliphatic hydroxyl groups excluding tert-OH is 1. The molecule has 2 aliphatic rings. The quantitative estimate of drug-likeness (QED) is 0.108. The van der Waals surface area contributed by atoms with Crippen molar-refractivity contribution in [3.05, 3.63) is 71.1 Å². The molecule has 2 aliphatic heterocycles. The summed E-state index contributed by atoms with van der Waals surface area (Å²) < 4.78 is 10.2. The molecule has 0 aliphatic carbocycles. The average molecular weight is 800 g/mol. The van der Waals surface area contributed by atoms with Crippen molar-refractivity contribution in [2.75, 3.05) is 52.6 Å². The summed E-state index contributed by atoms with van der Waals surface area (Å²) in [4.78, 5) is 56.0. The third kappa shape index (κ3) is 17.7. The van der Waals surface area contributed by atoms with Gasteiger partial charge in [-0.15, -0.1) is 11.3 Å². The van der Waals surface area contributed by atoms with Crippen LogP contribution in [0.3, 0.4) is 0 Å². The van der Waals surface area contributed by atoms with E-state index in [1.165, 1.54) is 10.4 Å². The molecule has 2 fully saturated rings. The summed E-state index contributed by atoms with van der Waals surface area (Å²) >= 11 is 1.64. The maximum absolute atomic E-state index is 12.1. The summed E-state index contributed by atoms with van der Waals surface area (Å²) in [6.45, 7) is 17.4. The van der Waals surface area contributed by atoms with Crippen LogP contribution in [0.1, 0.15) is 91.2 Å². The summed E-state index contributed by atoms with van der Waals surface area (Å²) in [7, 11) is 0. The Bertz CT molecular complexity index is 1580. The number of aromatic nitrogens is 2. The van der Waals surface area contributed by atoms with Gasteiger partial charge in [-0.2, -0.15) is 0 Å². The number of thiazole rings is 1. The van der Waals surface area contributed by atoms with Gasteiger partial charge < -0.3 is 41.2 Å². The lowest BCUT2D eigenvalue weighted by Crippen LogP contribution is -2.66. The zero-order valence-corrected chi connectivity index (χ0v) is 34.2. The molecule has 312 valence electrons. The monoisotopic (exact) mass is 799 g/mol. The van der Waals surface area contributed by atoms with Gasteiger partial charge in [-0.3, -0.25) is 24.2 Å². The lowest BCUT2D eigenvalue weighted by Gasteiger charge is -2.42. The lowest BCUT2D eigenvalue weighted by atomic mass is 9.87. The maximum atomic E-state index is 12.1. The first kappa shape index (κ1) is 49.7. The Morgan fingerprint density at radius 3 is 2.27 bits per heavy atom. The zero-order valence-electron chi connectivity index (χ0n) is 33.4. The largest absolute Gasteiger partial charge is 0.391 e. The number of hydrogen-bond donors (Lipinski definition) is 5. The fraction of sp³-hybridized carbons (Fsp3) is 0.561. The number of nitrogens with zero attached hydrogens (tertiary/aromatic N) is 3. The fourth-order valence-corrected chi connectivity index (χ4v) is 6.29. The number of ether oxygens (including phenoxy) is 2. The molecule has 2 aromatic heterocycles. The first-order valence-electron chi connectivity index (χ1n) is 18.8. The molecule has 3 aromatic rings. The Labute approximate surface area is 337 Å². The minimum atomic E-state index is -0.515. The van der Waals surface area contributed by atoms with Crippen LogP contribution in [0.5, 0.6) is 0 Å². The number of hydrogen-bond acceptors (Lipinski definition) is 11. The number of likely N-dealkylation sites (tertiary alicyclic amines) is 1. The molecule has 0 saturated carbocycles. The zero-order chi connectivity index (χ0) is 40.9. The number of aryl methyl sites for hydroxylation is 1. The number of carbonyl (C=O) groups is 4. The summed E-state index contributed by atoms with van der Waals surface area (Å²) in [6, 6.07) is 13.9. The smallest absolute Gasteiger partial charge is 0.243 e. The first-order chi connectivity index (χ1) is 26.2. The molecule has 0 bridgehead atoms. The molecule has 1 aromatic carbocycles. The van der Waals surface area contributed by atoms with Crippen molar-refractivity contribution in [2.45, 2.75) is 92.8 Å². The van der Waals surface area contributed by atoms with Crippen LogP contribution in [0.15, 0.2) is 54.2 Å². The third-order valence-corrected chi connectivity index (χ3v) is 9.39. The lowest BCUT2D eigenvalue weighted by molar-refractivity contribution is -0.132. The van der Waals surface area contributed by atoms with E-state index in [0.717, 1.165) is 36.3 Å². The van der Waals surface area contributed by atoms with Gasteiger partial charge in [-0.1, -0.05) is 72.4 Å². The molecule has 0 radical (unpaired) electrons. The van der Waals surface area contributed by atoms with Crippen molar-refractivity contribution in [1.82, 2.24) is 30.8 Å². The molecule has 0 spiro atoms. The van der Waals surface area contributed by atoms with Crippen molar-refractivity contribution in [1.29, 1.82) is 0 Å². The predicted molar refractivity (Wildman–Crippen MR) is 222 cm³/mol. The topological polar surface area (TPSA) is 198 Å². The van der Waals surface area contributed by atoms with E-state index in [-0.39, 0.29) is 63.0 Å². The SMILES string of the molecule is C.CC.CC(C)(C)CC(=O)N1CCC(O)C1.Cc1ncsc1-c1ccc(C(C)NC=O)cc1.NC(=O)COCCOCCC(=O)NC1(c2ccccn2)CNC1. The van der Waals surface area contributed by atoms with Gasteiger partial charge in [0, 0.05) is 45.2 Å². The highest BCUT2D eigenvalue weighted by atomic mass is 32.1. The van der Waals surface area contributed by atoms with Crippen LogP contribution < -0.4 is 21.7 Å². The predicted octanol–water partition coefficient (Wildman–Crippen LogP) is 4.51. The average Bonchev–Trinajstić information content (AvgIpc) is 3.78. The van der Waals surface area contributed by atoms with Crippen molar-refractivity contribution in [3.8, 4) is 10.4 Å². The minimum absolute atomic E-state index is 0. The third-order valence-electron chi connectivity index (χ3n) is 8.41. The fourth-order valence-electron chi connectivity index (χ4n) is 5.48. The van der Waals surface area contributed by atoms with E-state index in [1.54, 1.807) is 22.4 Å². The van der Waals surface area contributed by atoms with Crippen LogP contribution in [0.25, 0.3) is 10.4 Å². The van der Waals surface area contributed by atoms with Crippen LogP contribution in [-0.4, -0.2) is 103 Å². The number of nitrogens with one attached hydrogen (secondary N) is 3. The van der Waals surface area contributed by atoms with E-state index in [1.807, 2.05) is 63.5 Å². The van der Waals surface area contributed by atoms with Gasteiger partial charge in [-0.25, -0.2) is 4.98 Å². The highest BCUT2D eigenvalue weighted by Crippen LogP contribution is 2.28. The number of aliphatic hydroxyl groups is 1. The second kappa shape index (κ2) is 25.8. The standard InChI is InChI=1S/C15H22N4O4.C13H14N2OS.C10H19NO2.C2H6.CH4/c16-13(20)9-23-8-7-22-6-4-14(21)19-15(10-17-11-15)12-3-1-2-5-18-12;1-9(14-7-16)11-3-5-12(6-4-11)13-10(2)15-8-17-13;1-10(2,3)6-9(13)11-5-4-8(12)7-11;1-2;/h1-3,5,17H,4,6-11H2,(H2,16,20)(H,19,21);3-9H,1-2H3,(H,14,16);8,12H,4-7H2,1-3H3;1-2H3;1H4. The molecule has 15 heteroatoms. The van der Waals surface area contributed by atoms with Gasteiger partial charge in [-0.05, 0) is 48.9 Å². The minimum Gasteiger partial charge on any atom is -0.391 e. The number of rotatable bonds is 15. The second-order valence-corrected chi connectivity index (χ2v) is 15.1. The van der Waals surface area contributed by atoms with Crippen LogP contribution in [0, 0.1) is 12.3 Å². The maximum Gasteiger partial charge on any atom is 0.243 e. The van der Waals surface area contributed by atoms with Gasteiger partial charge >= 0.3 is 0 Å². The highest BCUT2D eigenvalue weighted by molar-refractivity contribution is 7.13. The molecule has 56 heavy (non-hydrogen) atoms. The molecule has 5 rings (SSSR count). The van der Waals surface area contributed by atoms with Gasteiger partial charge in [0.25, 0.3) is 0 Å². The molecular weight excluding hydrogens is 735 g/mol. The van der Waals surface area contributed by atoms with Crippen molar-refractivity contribution in [2.24, 2.45) is 11.1 Å². The number of primary amides is 1. The van der Waals surface area contributed by atoms with E-state index in [0.29, 0.717) is 32.7 Å². The van der Waals surface area contributed by atoms with Gasteiger partial charge in [0.15, 0.2) is 0 Å². The Kier molecular flexibility index (Phi) is 22.9. The molecule has 2 atom stereocenters. The Balaban J connectivity index is 0.000000423. The Morgan fingerprint density at radius 2 is 1.77 bits per heavy atom. The summed E-state index contributed by atoms with van der Waals surface area (Å²) in [5.74, 6) is -0.433. The van der Waals surface area contributed by atoms with Crippen LogP contribution in [0.4, 0.5) is 0 Å². The van der Waals surface area contributed by atoms with Gasteiger partial charge in [0.2, 0.25) is 24.1 Å². The van der Waals surface area contributed by atoms with Crippen molar-refractivity contribution in [3.63, 3.8) is 0 Å². The molecule has 14 nitrogen and oxygen atoms in total. The Morgan fingerprint density at radius 1 is 1.09 bits per heavy atom. The number of pyridine rings is 1. The molecule has 4 heterocycles. The van der Waals surface area contributed by atoms with Gasteiger partial charge in [0.05, 0.1) is 53.7 Å². The van der Waals surface area contributed by atoms with E-state index in [4.69, 9.17) is 15.2 Å². The van der Waals surface area contributed by atoms with Crippen molar-refractivity contribution < 1.29 is 33.8 Å². The van der Waals surface area contributed by atoms with E-state index in [9.17, 15) is 24.3 Å². The number of carbonyl (C=O) groups excluding carboxylic acids is 4. The normalized spacial score (nSPS) is 15.7. The van der Waals surface area contributed by atoms with Gasteiger partial charge in [0.1, 0.15) is 12.1 Å². The van der Waals surface area contributed by atoms with Crippen LogP contribution in [0.2, 0.25) is 0 Å². The Hall–Kier alpha value is -4.28. The number of nitrogens with two attached hydrogens (primary N) is 1. The van der Waals surface area contributed by atoms with E-state index in [2.05, 4.69) is 58.8 Å². The first-order valence-corrected chi connectivity index (χ1v) is 19.6. The highest BCUT2D eigenvalue weighted by Gasteiger charge is 2.41. The molecule has 4 amide bonds. The molecule has 2 saturated heterocycles. The van der Waals surface area contributed by atoms with Crippen molar-refractivity contribution >= 4 is 35.5 Å². The van der Waals surface area contributed by atoms with Crippen LogP contribution in [-0.2, 0) is 34.2 Å². The summed E-state index contributed by atoms with van der Waals surface area (Å²) in [5, 5.41) is 18.2. The number of benzene rings is 1. The second-order valence-electron chi connectivity index (χ2n) is 14.2. The van der Waals surface area contributed by atoms with Crippen LogP contribution >= 0.6 is 11.3 Å². The van der Waals surface area contributed by atoms with E-state index >= 15 is 0 Å². The molecule has 2 unspecified atom stereocenters. The summed E-state index contributed by atoms with van der Waals surface area (Å²) in [5.41, 5.74) is 10.6. The van der Waals surface area contributed by atoms with E-state index < -0.39 is 11.4 Å². The number of amides is 4. The number of β-amino-alcohol motifs (C(OH)–C–C–N with tert-alkyl or cyclic N) is 1.